The number of rotatable bonds is 5. The second-order valence-electron chi connectivity index (χ2n) is 3.80. The summed E-state index contributed by atoms with van der Waals surface area (Å²) in [6.07, 6.45) is 0. The highest BCUT2D eigenvalue weighted by atomic mass is 35.5. The molecule has 2 aromatic rings. The fourth-order valence-electron chi connectivity index (χ4n) is 1.65. The number of halogens is 2. The van der Waals surface area contributed by atoms with Crippen molar-refractivity contribution in [3.05, 3.63) is 60.2 Å². The van der Waals surface area contributed by atoms with Gasteiger partial charge in [0, 0.05) is 24.0 Å². The van der Waals surface area contributed by atoms with Crippen LogP contribution in [0, 0.1) is 10.1 Å². The van der Waals surface area contributed by atoms with Gasteiger partial charge in [-0.1, -0.05) is 29.3 Å². The first kappa shape index (κ1) is 14.3. The maximum absolute atomic E-state index is 10.9. The molecule has 0 amide bonds. The number of nitrogens with one attached hydrogen (secondary N) is 1. The van der Waals surface area contributed by atoms with Gasteiger partial charge in [-0.2, -0.15) is 0 Å². The minimum atomic E-state index is -0.426. The molecular formula is C12H10Cl2N2O2S. The standard InChI is InChI=1S/C12H10Cl2N2O2S/c13-10-2-1-3-11(16(17)18)9(10)7-15-6-8-4-5-12(14)19-8/h1-5,15H,6-7H2. The average molecular weight is 317 g/mol. The summed E-state index contributed by atoms with van der Waals surface area (Å²) in [5.74, 6) is 0. The molecule has 0 bridgehead atoms. The van der Waals surface area contributed by atoms with Crippen molar-refractivity contribution >= 4 is 40.2 Å². The molecule has 1 aromatic carbocycles. The lowest BCUT2D eigenvalue weighted by atomic mass is 10.2. The number of hydrogen-bond donors (Lipinski definition) is 1. The highest BCUT2D eigenvalue weighted by molar-refractivity contribution is 7.16. The van der Waals surface area contributed by atoms with E-state index >= 15 is 0 Å². The molecule has 1 N–H and O–H groups in total. The van der Waals surface area contributed by atoms with E-state index in [-0.39, 0.29) is 5.69 Å². The molecule has 0 atom stereocenters. The lowest BCUT2D eigenvalue weighted by Gasteiger charge is -2.06. The molecule has 0 saturated heterocycles. The molecule has 2 rings (SSSR count). The number of hydrogen-bond acceptors (Lipinski definition) is 4. The van der Waals surface area contributed by atoms with Crippen molar-refractivity contribution < 1.29 is 4.92 Å². The van der Waals surface area contributed by atoms with Gasteiger partial charge in [-0.3, -0.25) is 10.1 Å². The van der Waals surface area contributed by atoms with E-state index in [0.29, 0.717) is 23.7 Å². The minimum Gasteiger partial charge on any atom is -0.307 e. The summed E-state index contributed by atoms with van der Waals surface area (Å²) in [6, 6.07) is 8.41. The monoisotopic (exact) mass is 316 g/mol. The van der Waals surface area contributed by atoms with E-state index in [0.717, 1.165) is 9.21 Å². The number of nitro benzene ring substituents is 1. The van der Waals surface area contributed by atoms with Crippen molar-refractivity contribution in [2.45, 2.75) is 13.1 Å². The van der Waals surface area contributed by atoms with E-state index in [4.69, 9.17) is 23.2 Å². The summed E-state index contributed by atoms with van der Waals surface area (Å²) in [7, 11) is 0. The highest BCUT2D eigenvalue weighted by Gasteiger charge is 2.15. The van der Waals surface area contributed by atoms with Crippen LogP contribution < -0.4 is 5.32 Å². The first-order valence-electron chi connectivity index (χ1n) is 5.44. The molecule has 0 fully saturated rings. The zero-order valence-corrected chi connectivity index (χ0v) is 12.1. The largest absolute Gasteiger partial charge is 0.307 e. The molecule has 0 saturated carbocycles. The topological polar surface area (TPSA) is 55.2 Å². The zero-order chi connectivity index (χ0) is 13.8. The van der Waals surface area contributed by atoms with Gasteiger partial charge in [-0.15, -0.1) is 11.3 Å². The first-order chi connectivity index (χ1) is 9.08. The van der Waals surface area contributed by atoms with E-state index in [1.54, 1.807) is 12.1 Å². The van der Waals surface area contributed by atoms with Crippen molar-refractivity contribution in [1.82, 2.24) is 5.32 Å². The number of nitro groups is 1. The van der Waals surface area contributed by atoms with Gasteiger partial charge in [0.15, 0.2) is 0 Å². The Bertz CT molecular complexity index is 601. The Labute approximate surface area is 124 Å². The maximum atomic E-state index is 10.9. The van der Waals surface area contributed by atoms with Gasteiger partial charge in [0.2, 0.25) is 0 Å². The molecule has 0 unspecified atom stereocenters. The molecule has 0 radical (unpaired) electrons. The van der Waals surface area contributed by atoms with Crippen LogP contribution in [0.5, 0.6) is 0 Å². The predicted octanol–water partition coefficient (Wildman–Crippen LogP) is 4.25. The Morgan fingerprint density at radius 2 is 2.00 bits per heavy atom. The normalized spacial score (nSPS) is 10.6. The molecule has 0 aliphatic carbocycles. The van der Waals surface area contributed by atoms with Gasteiger partial charge in [0.25, 0.3) is 5.69 Å². The summed E-state index contributed by atoms with van der Waals surface area (Å²) in [5.41, 5.74) is 0.529. The highest BCUT2D eigenvalue weighted by Crippen LogP contribution is 2.26. The Balaban J connectivity index is 2.05. The summed E-state index contributed by atoms with van der Waals surface area (Å²) in [4.78, 5) is 11.6. The Kier molecular flexibility index (Phi) is 4.76. The van der Waals surface area contributed by atoms with E-state index in [1.165, 1.54) is 17.4 Å². The molecule has 0 aliphatic rings. The second-order valence-corrected chi connectivity index (χ2v) is 6.01. The summed E-state index contributed by atoms with van der Waals surface area (Å²) < 4.78 is 0.723. The second kappa shape index (κ2) is 6.34. The Hall–Kier alpha value is -1.14. The SMILES string of the molecule is O=[N+]([O-])c1cccc(Cl)c1CNCc1ccc(Cl)s1. The van der Waals surface area contributed by atoms with Crippen LogP contribution in [0.25, 0.3) is 0 Å². The number of benzene rings is 1. The third-order valence-electron chi connectivity index (χ3n) is 2.52. The zero-order valence-electron chi connectivity index (χ0n) is 9.73. The van der Waals surface area contributed by atoms with E-state index in [9.17, 15) is 10.1 Å². The van der Waals surface area contributed by atoms with Crippen molar-refractivity contribution in [2.75, 3.05) is 0 Å². The van der Waals surface area contributed by atoms with Gasteiger partial charge in [-0.05, 0) is 18.2 Å². The van der Waals surface area contributed by atoms with E-state index in [2.05, 4.69) is 5.32 Å². The molecule has 0 spiro atoms. The molecule has 1 aromatic heterocycles. The quantitative estimate of drug-likeness (QED) is 0.662. The van der Waals surface area contributed by atoms with Crippen LogP contribution in [0.4, 0.5) is 5.69 Å². The van der Waals surface area contributed by atoms with Crippen molar-refractivity contribution in [3.63, 3.8) is 0 Å². The van der Waals surface area contributed by atoms with Gasteiger partial charge in [0.05, 0.1) is 19.8 Å². The van der Waals surface area contributed by atoms with Crippen LogP contribution in [0.3, 0.4) is 0 Å². The molecular weight excluding hydrogens is 307 g/mol. The van der Waals surface area contributed by atoms with Crippen LogP contribution in [-0.2, 0) is 13.1 Å². The summed E-state index contributed by atoms with van der Waals surface area (Å²) in [5, 5.41) is 14.4. The van der Waals surface area contributed by atoms with Crippen LogP contribution in [0.1, 0.15) is 10.4 Å². The van der Waals surface area contributed by atoms with Gasteiger partial charge < -0.3 is 5.32 Å². The molecule has 19 heavy (non-hydrogen) atoms. The Morgan fingerprint density at radius 1 is 1.21 bits per heavy atom. The summed E-state index contributed by atoms with van der Waals surface area (Å²) >= 11 is 13.3. The van der Waals surface area contributed by atoms with E-state index in [1.807, 2.05) is 12.1 Å². The van der Waals surface area contributed by atoms with Crippen LogP contribution in [-0.4, -0.2) is 4.92 Å². The first-order valence-corrected chi connectivity index (χ1v) is 7.02. The van der Waals surface area contributed by atoms with Crippen molar-refractivity contribution in [3.8, 4) is 0 Å². The fourth-order valence-corrected chi connectivity index (χ4v) is 2.94. The maximum Gasteiger partial charge on any atom is 0.275 e. The van der Waals surface area contributed by atoms with Gasteiger partial charge in [0.1, 0.15) is 0 Å². The molecule has 100 valence electrons. The molecule has 1 heterocycles. The third-order valence-corrected chi connectivity index (χ3v) is 4.11. The Morgan fingerprint density at radius 3 is 2.63 bits per heavy atom. The molecule has 0 aliphatic heterocycles. The molecule has 7 heteroatoms. The smallest absolute Gasteiger partial charge is 0.275 e. The predicted molar refractivity (Wildman–Crippen MR) is 78.0 cm³/mol. The van der Waals surface area contributed by atoms with Crippen molar-refractivity contribution in [2.24, 2.45) is 0 Å². The number of thiophene rings is 1. The minimum absolute atomic E-state index is 0.0317. The lowest BCUT2D eigenvalue weighted by Crippen LogP contribution is -2.13. The third kappa shape index (κ3) is 3.67. The van der Waals surface area contributed by atoms with E-state index < -0.39 is 4.92 Å². The van der Waals surface area contributed by atoms with Crippen LogP contribution in [0.2, 0.25) is 9.36 Å². The summed E-state index contributed by atoms with van der Waals surface area (Å²) in [6.45, 7) is 0.936. The van der Waals surface area contributed by atoms with Gasteiger partial charge >= 0.3 is 0 Å². The van der Waals surface area contributed by atoms with Crippen LogP contribution in [0.15, 0.2) is 30.3 Å². The van der Waals surface area contributed by atoms with Crippen LogP contribution >= 0.6 is 34.5 Å². The number of nitrogens with zero attached hydrogens (tertiary/aromatic N) is 1. The lowest BCUT2D eigenvalue weighted by molar-refractivity contribution is -0.385. The molecule has 4 nitrogen and oxygen atoms in total. The average Bonchev–Trinajstić information content (AvgIpc) is 2.77. The van der Waals surface area contributed by atoms with Crippen molar-refractivity contribution in [1.29, 1.82) is 0 Å². The fraction of sp³-hybridized carbons (Fsp3) is 0.167. The van der Waals surface area contributed by atoms with Gasteiger partial charge in [-0.25, -0.2) is 0 Å².